The van der Waals surface area contributed by atoms with Gasteiger partial charge < -0.3 is 9.47 Å². The van der Waals surface area contributed by atoms with E-state index in [4.69, 9.17) is 11.2 Å². The highest BCUT2D eigenvalue weighted by atomic mass is 16.5. The van der Waals surface area contributed by atoms with Crippen molar-refractivity contribution in [2.24, 2.45) is 0 Å². The number of carbonyl (C=O) groups is 1. The summed E-state index contributed by atoms with van der Waals surface area (Å²) in [4.78, 5) is 10.7. The van der Waals surface area contributed by atoms with Crippen LogP contribution in [0, 0.1) is 12.3 Å². The molecule has 0 aromatic rings. The molecule has 0 aliphatic carbocycles. The quantitative estimate of drug-likeness (QED) is 0.254. The third kappa shape index (κ3) is 4.18. The normalized spacial score (nSPS) is 8.36. The van der Waals surface area contributed by atoms with E-state index in [1.165, 1.54) is 7.11 Å². The van der Waals surface area contributed by atoms with Gasteiger partial charge in [0.05, 0.1) is 19.3 Å². The number of carbonyl (C=O) groups excluding carboxylic acids is 1. The van der Waals surface area contributed by atoms with Crippen LogP contribution in [0.2, 0.25) is 0 Å². The van der Waals surface area contributed by atoms with Crippen LogP contribution in [-0.4, -0.2) is 26.3 Å². The molecule has 0 rings (SSSR count). The first-order valence-corrected chi connectivity index (χ1v) is 2.99. The summed E-state index contributed by atoms with van der Waals surface area (Å²) in [6.07, 6.45) is 4.90. The highest BCUT2D eigenvalue weighted by Gasteiger charge is 2.04. The number of hydrogen-bond acceptors (Lipinski definition) is 3. The second kappa shape index (κ2) is 5.51. The van der Waals surface area contributed by atoms with E-state index in [0.29, 0.717) is 0 Å². The third-order valence-corrected chi connectivity index (χ3v) is 0.936. The number of ether oxygens (including phenoxy) is 2. The van der Waals surface area contributed by atoms with Crippen LogP contribution < -0.4 is 0 Å². The molecule has 0 aromatic heterocycles. The van der Waals surface area contributed by atoms with Crippen molar-refractivity contribution in [2.75, 3.05) is 20.3 Å². The molecule has 0 spiro atoms. The summed E-state index contributed by atoms with van der Waals surface area (Å²) in [5, 5.41) is 0. The molecule has 0 heterocycles. The molecular formula is C8H10O3. The highest BCUT2D eigenvalue weighted by Crippen LogP contribution is 1.93. The van der Waals surface area contributed by atoms with Crippen molar-refractivity contribution in [3.63, 3.8) is 0 Å². The van der Waals surface area contributed by atoms with Crippen molar-refractivity contribution in [1.82, 2.24) is 0 Å². The van der Waals surface area contributed by atoms with Crippen LogP contribution in [0.4, 0.5) is 0 Å². The van der Waals surface area contributed by atoms with Gasteiger partial charge in [-0.3, -0.25) is 0 Å². The molecular weight excluding hydrogens is 144 g/mol. The number of esters is 1. The Hall–Kier alpha value is -1.27. The Morgan fingerprint density at radius 1 is 1.73 bits per heavy atom. The molecule has 0 fully saturated rings. The van der Waals surface area contributed by atoms with E-state index in [1.807, 2.05) is 0 Å². The van der Waals surface area contributed by atoms with Crippen molar-refractivity contribution in [3.05, 3.63) is 12.2 Å². The molecule has 0 radical (unpaired) electrons. The van der Waals surface area contributed by atoms with Gasteiger partial charge in [0.1, 0.15) is 6.61 Å². The van der Waals surface area contributed by atoms with Gasteiger partial charge >= 0.3 is 5.97 Å². The first kappa shape index (κ1) is 9.73. The lowest BCUT2D eigenvalue weighted by Gasteiger charge is -2.01. The van der Waals surface area contributed by atoms with Crippen LogP contribution in [0.1, 0.15) is 0 Å². The smallest absolute Gasteiger partial charge is 0.335 e. The van der Waals surface area contributed by atoms with Gasteiger partial charge in [-0.1, -0.05) is 12.5 Å². The van der Waals surface area contributed by atoms with Crippen LogP contribution in [0.15, 0.2) is 12.2 Å². The third-order valence-electron chi connectivity index (χ3n) is 0.936. The molecule has 0 saturated carbocycles. The van der Waals surface area contributed by atoms with Gasteiger partial charge in [-0.15, -0.1) is 6.42 Å². The van der Waals surface area contributed by atoms with Crippen LogP contribution in [-0.2, 0) is 14.3 Å². The molecule has 0 aliphatic rings. The average molecular weight is 154 g/mol. The molecule has 0 unspecified atom stereocenters. The lowest BCUT2D eigenvalue weighted by molar-refractivity contribution is -0.136. The van der Waals surface area contributed by atoms with E-state index >= 15 is 0 Å². The van der Waals surface area contributed by atoms with Gasteiger partial charge in [0, 0.05) is 0 Å². The van der Waals surface area contributed by atoms with Crippen molar-refractivity contribution < 1.29 is 14.3 Å². The molecule has 0 saturated heterocycles. The minimum Gasteiger partial charge on any atom is -0.466 e. The second-order valence-corrected chi connectivity index (χ2v) is 1.79. The Bertz CT molecular complexity index is 188. The molecule has 60 valence electrons. The minimum atomic E-state index is -0.470. The Balaban J connectivity index is 3.54. The van der Waals surface area contributed by atoms with Crippen LogP contribution in [0.25, 0.3) is 0 Å². The van der Waals surface area contributed by atoms with Crippen molar-refractivity contribution in [3.8, 4) is 12.3 Å². The van der Waals surface area contributed by atoms with Crippen molar-refractivity contribution >= 4 is 5.97 Å². The average Bonchev–Trinajstić information content (AvgIpc) is 2.03. The Morgan fingerprint density at radius 2 is 2.36 bits per heavy atom. The van der Waals surface area contributed by atoms with E-state index in [2.05, 4.69) is 17.2 Å². The highest BCUT2D eigenvalue weighted by molar-refractivity contribution is 5.87. The van der Waals surface area contributed by atoms with Crippen molar-refractivity contribution in [1.29, 1.82) is 0 Å². The molecule has 0 aromatic carbocycles. The molecule has 0 bridgehead atoms. The Kier molecular flexibility index (Phi) is 4.87. The van der Waals surface area contributed by atoms with E-state index in [0.717, 1.165) is 0 Å². The standard InChI is InChI=1S/C8H10O3/c1-4-5-11-6-7(2)8(9)10-3/h1H,2,5-6H2,3H3. The number of rotatable bonds is 4. The maximum atomic E-state index is 10.7. The number of methoxy groups -OCH3 is 1. The molecule has 0 aliphatic heterocycles. The molecule has 0 N–H and O–H groups in total. The topological polar surface area (TPSA) is 35.5 Å². The van der Waals surface area contributed by atoms with Crippen molar-refractivity contribution in [2.45, 2.75) is 0 Å². The van der Waals surface area contributed by atoms with Gasteiger partial charge in [0.25, 0.3) is 0 Å². The van der Waals surface area contributed by atoms with Gasteiger partial charge in [-0.2, -0.15) is 0 Å². The zero-order chi connectivity index (χ0) is 8.69. The molecule has 0 atom stereocenters. The predicted molar refractivity (Wildman–Crippen MR) is 40.8 cm³/mol. The summed E-state index contributed by atoms with van der Waals surface area (Å²) in [6, 6.07) is 0. The zero-order valence-electron chi connectivity index (χ0n) is 6.42. The summed E-state index contributed by atoms with van der Waals surface area (Å²) >= 11 is 0. The van der Waals surface area contributed by atoms with Gasteiger partial charge in [-0.25, -0.2) is 4.79 Å². The van der Waals surface area contributed by atoms with Crippen LogP contribution >= 0.6 is 0 Å². The van der Waals surface area contributed by atoms with E-state index in [-0.39, 0.29) is 18.8 Å². The Labute approximate surface area is 66.0 Å². The first-order valence-electron chi connectivity index (χ1n) is 2.99. The summed E-state index contributed by atoms with van der Waals surface area (Å²) in [6.45, 7) is 3.73. The monoisotopic (exact) mass is 154 g/mol. The van der Waals surface area contributed by atoms with E-state index in [9.17, 15) is 4.79 Å². The second-order valence-electron chi connectivity index (χ2n) is 1.79. The maximum Gasteiger partial charge on any atom is 0.335 e. The largest absolute Gasteiger partial charge is 0.466 e. The molecule has 0 amide bonds. The summed E-state index contributed by atoms with van der Waals surface area (Å²) in [7, 11) is 1.29. The fourth-order valence-electron chi connectivity index (χ4n) is 0.436. The summed E-state index contributed by atoms with van der Waals surface area (Å²) in [5.41, 5.74) is 0.266. The Morgan fingerprint density at radius 3 is 2.82 bits per heavy atom. The first-order chi connectivity index (χ1) is 5.22. The number of hydrogen-bond donors (Lipinski definition) is 0. The fraction of sp³-hybridized carbons (Fsp3) is 0.375. The molecule has 11 heavy (non-hydrogen) atoms. The summed E-state index contributed by atoms with van der Waals surface area (Å²) < 4.78 is 9.20. The lowest BCUT2D eigenvalue weighted by Crippen LogP contribution is -2.09. The minimum absolute atomic E-state index is 0.122. The summed E-state index contributed by atoms with van der Waals surface area (Å²) in [5.74, 6) is 1.79. The predicted octanol–water partition coefficient (Wildman–Crippen LogP) is 0.365. The molecule has 3 nitrogen and oxygen atoms in total. The fourth-order valence-corrected chi connectivity index (χ4v) is 0.436. The maximum absolute atomic E-state index is 10.7. The number of terminal acetylenes is 1. The van der Waals surface area contributed by atoms with Crippen LogP contribution in [0.3, 0.4) is 0 Å². The molecule has 3 heteroatoms. The van der Waals surface area contributed by atoms with Crippen LogP contribution in [0.5, 0.6) is 0 Å². The van der Waals surface area contributed by atoms with Gasteiger partial charge in [0.2, 0.25) is 0 Å². The van der Waals surface area contributed by atoms with Gasteiger partial charge in [0.15, 0.2) is 0 Å². The zero-order valence-corrected chi connectivity index (χ0v) is 6.42. The van der Waals surface area contributed by atoms with E-state index < -0.39 is 5.97 Å². The van der Waals surface area contributed by atoms with Gasteiger partial charge in [-0.05, 0) is 0 Å². The van der Waals surface area contributed by atoms with E-state index in [1.54, 1.807) is 0 Å². The lowest BCUT2D eigenvalue weighted by atomic mass is 10.3. The SMILES string of the molecule is C#CCOCC(=C)C(=O)OC.